The van der Waals surface area contributed by atoms with Gasteiger partial charge in [-0.2, -0.15) is 0 Å². The minimum atomic E-state index is -0.440. The van der Waals surface area contributed by atoms with E-state index in [0.29, 0.717) is 6.42 Å². The first kappa shape index (κ1) is 8.95. The summed E-state index contributed by atoms with van der Waals surface area (Å²) in [6.45, 7) is 0. The number of hydrogen-bond acceptors (Lipinski definition) is 1. The molecule has 0 atom stereocenters. The van der Waals surface area contributed by atoms with E-state index in [1.807, 2.05) is 0 Å². The molecule has 9 heavy (non-hydrogen) atoms. The Bertz CT molecular complexity index is 85.1. The van der Waals surface area contributed by atoms with Crippen LogP contribution in [0.15, 0.2) is 0 Å². The smallest absolute Gasteiger partial charge is 0.238 e. The summed E-state index contributed by atoms with van der Waals surface area (Å²) in [4.78, 5) is 10.1. The van der Waals surface area contributed by atoms with Gasteiger partial charge in [0, 0.05) is 11.8 Å². The Labute approximate surface area is 63.9 Å². The van der Waals surface area contributed by atoms with E-state index in [-0.39, 0.29) is 0 Å². The van der Waals surface area contributed by atoms with Crippen LogP contribution in [0.3, 0.4) is 0 Å². The molecule has 0 unspecified atom stereocenters. The molecule has 3 heteroatoms. The van der Waals surface area contributed by atoms with Gasteiger partial charge in [-0.1, -0.05) is 22.4 Å². The van der Waals surface area contributed by atoms with Gasteiger partial charge in [0.05, 0.1) is 0 Å². The monoisotopic (exact) mass is 192 g/mol. The minimum Gasteiger partial charge on any atom is -0.273 e. The fourth-order valence-corrected chi connectivity index (χ4v) is 0.953. The molecule has 0 saturated carbocycles. The number of alkyl halides is 1. The van der Waals surface area contributed by atoms with Crippen molar-refractivity contribution in [3.05, 3.63) is 0 Å². The van der Waals surface area contributed by atoms with Crippen LogP contribution in [0.25, 0.3) is 0 Å². The van der Waals surface area contributed by atoms with Gasteiger partial charge in [0.25, 0.3) is 0 Å². The molecule has 53 valence electrons. The Kier molecular flexibility index (Phi) is 6.04. The molecule has 0 aromatic rings. The van der Waals surface area contributed by atoms with Crippen LogP contribution < -0.4 is 5.73 Å². The summed E-state index contributed by atoms with van der Waals surface area (Å²) in [7, 11) is 0. The molecule has 0 aliphatic rings. The lowest BCUT2D eigenvalue weighted by Gasteiger charge is -1.92. The van der Waals surface area contributed by atoms with Gasteiger partial charge >= 0.3 is 0 Å². The first-order valence-electron chi connectivity index (χ1n) is 3.07. The van der Waals surface area contributed by atoms with E-state index in [2.05, 4.69) is 15.9 Å². The van der Waals surface area contributed by atoms with Crippen LogP contribution in [0, 0.1) is 0 Å². The second-order valence-electron chi connectivity index (χ2n) is 1.92. The highest BCUT2D eigenvalue weighted by atomic mass is 79.9. The summed E-state index contributed by atoms with van der Waals surface area (Å²) in [5, 5.41) is 0.999. The maximum absolute atomic E-state index is 10.1. The van der Waals surface area contributed by atoms with Crippen molar-refractivity contribution in [2.75, 3.05) is 5.33 Å². The molecule has 0 fully saturated rings. The molecule has 0 aromatic carbocycles. The number of halogens is 1. The Morgan fingerprint density at radius 2 is 2.00 bits per heavy atom. The van der Waals surface area contributed by atoms with E-state index in [1.54, 1.807) is 0 Å². The van der Waals surface area contributed by atoms with E-state index in [9.17, 15) is 4.79 Å². The molecule has 0 saturated heterocycles. The van der Waals surface area contributed by atoms with Crippen LogP contribution in [0.1, 0.15) is 25.7 Å². The molecular formula is C6H11BrNO. The zero-order valence-electron chi connectivity index (χ0n) is 5.32. The third-order valence-corrected chi connectivity index (χ3v) is 1.60. The van der Waals surface area contributed by atoms with Crippen LogP contribution in [-0.4, -0.2) is 11.2 Å². The average molecular weight is 193 g/mol. The second-order valence-corrected chi connectivity index (χ2v) is 2.72. The Balaban J connectivity index is 2.83. The number of nitrogens with one attached hydrogen (secondary N) is 1. The Morgan fingerprint density at radius 1 is 1.33 bits per heavy atom. The standard InChI is InChI=1S/C6H11BrNO/c7-5-3-1-2-4-6(8)9/h8H,1-5H2. The number of amides is 1. The van der Waals surface area contributed by atoms with Crippen LogP contribution in [0.4, 0.5) is 0 Å². The predicted molar refractivity (Wildman–Crippen MR) is 40.4 cm³/mol. The third kappa shape index (κ3) is 7.95. The summed E-state index contributed by atoms with van der Waals surface area (Å²) >= 11 is 3.28. The van der Waals surface area contributed by atoms with Crippen molar-refractivity contribution in [3.8, 4) is 0 Å². The predicted octanol–water partition coefficient (Wildman–Crippen LogP) is 1.75. The van der Waals surface area contributed by atoms with E-state index in [4.69, 9.17) is 5.73 Å². The molecule has 0 heterocycles. The van der Waals surface area contributed by atoms with Gasteiger partial charge in [0.2, 0.25) is 5.91 Å². The van der Waals surface area contributed by atoms with E-state index < -0.39 is 5.91 Å². The lowest BCUT2D eigenvalue weighted by Crippen LogP contribution is -1.96. The first-order chi connectivity index (χ1) is 4.27. The summed E-state index contributed by atoms with van der Waals surface area (Å²) < 4.78 is 0. The van der Waals surface area contributed by atoms with Gasteiger partial charge < -0.3 is 0 Å². The van der Waals surface area contributed by atoms with Gasteiger partial charge in [-0.25, -0.2) is 0 Å². The van der Waals surface area contributed by atoms with Crippen molar-refractivity contribution in [1.29, 1.82) is 0 Å². The molecule has 2 nitrogen and oxygen atoms in total. The Morgan fingerprint density at radius 3 is 2.44 bits per heavy atom. The second kappa shape index (κ2) is 6.08. The van der Waals surface area contributed by atoms with Crippen LogP contribution >= 0.6 is 15.9 Å². The van der Waals surface area contributed by atoms with E-state index in [0.717, 1.165) is 24.6 Å². The number of hydrogen-bond donors (Lipinski definition) is 0. The third-order valence-electron chi connectivity index (χ3n) is 1.04. The van der Waals surface area contributed by atoms with Crippen molar-refractivity contribution in [1.82, 2.24) is 5.73 Å². The van der Waals surface area contributed by atoms with Crippen molar-refractivity contribution < 1.29 is 4.79 Å². The van der Waals surface area contributed by atoms with Crippen molar-refractivity contribution in [3.63, 3.8) is 0 Å². The Hall–Kier alpha value is -0.0500. The first-order valence-corrected chi connectivity index (χ1v) is 4.20. The maximum atomic E-state index is 10.1. The molecule has 0 aliphatic carbocycles. The summed E-state index contributed by atoms with van der Waals surface area (Å²) in [5.74, 6) is -0.440. The molecule has 0 aliphatic heterocycles. The zero-order chi connectivity index (χ0) is 7.11. The maximum Gasteiger partial charge on any atom is 0.238 e. The summed E-state index contributed by atoms with van der Waals surface area (Å²) in [6.07, 6.45) is 3.45. The largest absolute Gasteiger partial charge is 0.273 e. The fraction of sp³-hybridized carbons (Fsp3) is 0.833. The SMILES string of the molecule is [NH]C(=O)CCCCCBr. The zero-order valence-corrected chi connectivity index (χ0v) is 6.91. The number of rotatable bonds is 5. The lowest BCUT2D eigenvalue weighted by molar-refractivity contribution is -0.118. The highest BCUT2D eigenvalue weighted by Crippen LogP contribution is 2.00. The molecule has 0 rings (SSSR count). The van der Waals surface area contributed by atoms with Gasteiger partial charge in [0.1, 0.15) is 0 Å². The highest BCUT2D eigenvalue weighted by Gasteiger charge is 1.93. The quantitative estimate of drug-likeness (QED) is 0.484. The number of unbranched alkanes of at least 4 members (excludes halogenated alkanes) is 2. The highest BCUT2D eigenvalue weighted by molar-refractivity contribution is 9.09. The van der Waals surface area contributed by atoms with Crippen LogP contribution in [0.5, 0.6) is 0 Å². The van der Waals surface area contributed by atoms with Crippen LogP contribution in [0.2, 0.25) is 0 Å². The molecule has 1 N–H and O–H groups in total. The molecular weight excluding hydrogens is 182 g/mol. The number of carbonyl (C=O) groups excluding carboxylic acids is 1. The van der Waals surface area contributed by atoms with Crippen molar-refractivity contribution in [2.24, 2.45) is 0 Å². The minimum absolute atomic E-state index is 0.424. The van der Waals surface area contributed by atoms with Gasteiger partial charge in [-0.15, -0.1) is 0 Å². The molecule has 1 radical (unpaired) electrons. The van der Waals surface area contributed by atoms with E-state index in [1.165, 1.54) is 0 Å². The van der Waals surface area contributed by atoms with Crippen molar-refractivity contribution >= 4 is 21.8 Å². The molecule has 0 aromatic heterocycles. The molecule has 0 bridgehead atoms. The van der Waals surface area contributed by atoms with Gasteiger partial charge in [-0.05, 0) is 12.8 Å². The van der Waals surface area contributed by atoms with Crippen molar-refractivity contribution in [2.45, 2.75) is 25.7 Å². The molecule has 0 spiro atoms. The van der Waals surface area contributed by atoms with Gasteiger partial charge in [-0.3, -0.25) is 10.5 Å². The summed E-state index contributed by atoms with van der Waals surface area (Å²) in [6, 6.07) is 0. The molecule has 1 amide bonds. The number of carbonyl (C=O) groups is 1. The average Bonchev–Trinajstić information content (AvgIpc) is 1.80. The van der Waals surface area contributed by atoms with Crippen LogP contribution in [-0.2, 0) is 4.79 Å². The van der Waals surface area contributed by atoms with Gasteiger partial charge in [0.15, 0.2) is 0 Å². The topological polar surface area (TPSA) is 40.9 Å². The summed E-state index contributed by atoms with van der Waals surface area (Å²) in [5.41, 5.74) is 6.56. The fourth-order valence-electron chi connectivity index (χ4n) is 0.557. The normalized spacial score (nSPS) is 9.44. The van der Waals surface area contributed by atoms with E-state index >= 15 is 0 Å². The lowest BCUT2D eigenvalue weighted by atomic mass is 10.2.